The lowest BCUT2D eigenvalue weighted by molar-refractivity contribution is 0.0616. The van der Waals surface area contributed by atoms with Crippen molar-refractivity contribution in [1.82, 2.24) is 0 Å². The van der Waals surface area contributed by atoms with Crippen LogP contribution in [-0.2, 0) is 0 Å². The fourth-order valence-corrected chi connectivity index (χ4v) is 2.73. The van der Waals surface area contributed by atoms with Gasteiger partial charge in [-0.25, -0.2) is 13.2 Å². The average molecular weight is 310 g/mol. The van der Waals surface area contributed by atoms with Crippen molar-refractivity contribution in [3.63, 3.8) is 0 Å². The molecule has 1 aliphatic carbocycles. The molecule has 0 unspecified atom stereocenters. The first-order chi connectivity index (χ1) is 9.00. The number of aliphatic hydroxyl groups is 1. The molecule has 0 bridgehead atoms. The summed E-state index contributed by atoms with van der Waals surface area (Å²) >= 11 is 0. The average Bonchev–Trinajstić information content (AvgIpc) is 2.43. The van der Waals surface area contributed by atoms with Crippen molar-refractivity contribution >= 4 is 12.4 Å². The molecule has 3 N–H and O–H groups in total. The van der Waals surface area contributed by atoms with Gasteiger partial charge in [0.1, 0.15) is 0 Å². The molecule has 0 amide bonds. The molecule has 1 aliphatic rings. The molecular weight excluding hydrogens is 291 g/mol. The maximum atomic E-state index is 13.2. The summed E-state index contributed by atoms with van der Waals surface area (Å²) in [6.07, 6.45) is 4.06. The number of hydrogen-bond acceptors (Lipinski definition) is 2. The number of rotatable bonds is 3. The van der Waals surface area contributed by atoms with Gasteiger partial charge in [0.15, 0.2) is 17.5 Å². The summed E-state index contributed by atoms with van der Waals surface area (Å²) in [6.45, 7) is 0. The zero-order valence-electron chi connectivity index (χ0n) is 11.0. The van der Waals surface area contributed by atoms with Gasteiger partial charge in [0, 0.05) is 0 Å². The molecule has 2 nitrogen and oxygen atoms in total. The Kier molecular flexibility index (Phi) is 6.30. The summed E-state index contributed by atoms with van der Waals surface area (Å²) in [6, 6.07) is 0.817. The van der Waals surface area contributed by atoms with Crippen LogP contribution in [0.2, 0.25) is 0 Å². The van der Waals surface area contributed by atoms with E-state index < -0.39 is 29.6 Å². The predicted octanol–water partition coefficient (Wildman–Crippen LogP) is 3.47. The minimum Gasteiger partial charge on any atom is -0.391 e. The molecule has 0 heterocycles. The molecule has 6 heteroatoms. The molecule has 114 valence electrons. The van der Waals surface area contributed by atoms with Crippen molar-refractivity contribution < 1.29 is 18.3 Å². The zero-order valence-corrected chi connectivity index (χ0v) is 11.8. The van der Waals surface area contributed by atoms with Crippen molar-refractivity contribution in [2.24, 2.45) is 11.7 Å². The quantitative estimate of drug-likeness (QED) is 0.840. The molecule has 1 fully saturated rings. The third-order valence-corrected chi connectivity index (χ3v) is 3.89. The minimum absolute atomic E-state index is 0. The Labute approximate surface area is 122 Å². The Morgan fingerprint density at radius 3 is 2.05 bits per heavy atom. The van der Waals surface area contributed by atoms with Crippen LogP contribution in [0.3, 0.4) is 0 Å². The predicted molar refractivity (Wildman–Crippen MR) is 73.1 cm³/mol. The fraction of sp³-hybridized carbons (Fsp3) is 0.571. The number of halogens is 4. The third kappa shape index (κ3) is 3.65. The summed E-state index contributed by atoms with van der Waals surface area (Å²) in [4.78, 5) is 0. The maximum Gasteiger partial charge on any atom is 0.194 e. The standard InChI is InChI=1S/C14H18F3NO.ClH/c15-10-6-9(7-11(16)12(10)17)13(18)14(19)8-4-2-1-3-5-8;/h6-8,13-14,19H,1-5,18H2;1H/t13-,14+;/m1./s1. The number of aliphatic hydroxyl groups excluding tert-OH is 1. The Hall–Kier alpha value is -0.780. The van der Waals surface area contributed by atoms with Crippen LogP contribution in [-0.4, -0.2) is 11.2 Å². The summed E-state index contributed by atoms with van der Waals surface area (Å²) in [5.41, 5.74) is 5.94. The van der Waals surface area contributed by atoms with Gasteiger partial charge >= 0.3 is 0 Å². The highest BCUT2D eigenvalue weighted by Crippen LogP contribution is 2.32. The fourth-order valence-electron chi connectivity index (χ4n) is 2.73. The monoisotopic (exact) mass is 309 g/mol. The minimum atomic E-state index is -1.51. The van der Waals surface area contributed by atoms with Gasteiger partial charge in [-0.05, 0) is 36.5 Å². The van der Waals surface area contributed by atoms with E-state index in [-0.39, 0.29) is 23.9 Å². The summed E-state index contributed by atoms with van der Waals surface area (Å²) in [5.74, 6) is -4.02. The molecule has 1 saturated carbocycles. The summed E-state index contributed by atoms with van der Waals surface area (Å²) in [5, 5.41) is 10.2. The van der Waals surface area contributed by atoms with Crippen molar-refractivity contribution in [3.8, 4) is 0 Å². The normalized spacial score (nSPS) is 19.2. The van der Waals surface area contributed by atoms with Crippen LogP contribution in [0.4, 0.5) is 13.2 Å². The van der Waals surface area contributed by atoms with Gasteiger partial charge in [-0.2, -0.15) is 0 Å². The van der Waals surface area contributed by atoms with E-state index in [0.29, 0.717) is 0 Å². The maximum absolute atomic E-state index is 13.2. The van der Waals surface area contributed by atoms with E-state index in [4.69, 9.17) is 5.73 Å². The second-order valence-electron chi connectivity index (χ2n) is 5.21. The van der Waals surface area contributed by atoms with E-state index in [2.05, 4.69) is 0 Å². The van der Waals surface area contributed by atoms with Gasteiger partial charge in [-0.3, -0.25) is 0 Å². The molecule has 2 rings (SSSR count). The van der Waals surface area contributed by atoms with Gasteiger partial charge in [-0.15, -0.1) is 12.4 Å². The van der Waals surface area contributed by atoms with E-state index in [9.17, 15) is 18.3 Å². The van der Waals surface area contributed by atoms with Crippen molar-refractivity contribution in [2.45, 2.75) is 44.2 Å². The highest BCUT2D eigenvalue weighted by Gasteiger charge is 2.28. The lowest BCUT2D eigenvalue weighted by Gasteiger charge is -2.30. The van der Waals surface area contributed by atoms with E-state index in [1.165, 1.54) is 0 Å². The van der Waals surface area contributed by atoms with Gasteiger partial charge in [0.05, 0.1) is 12.1 Å². The molecule has 0 saturated heterocycles. The van der Waals surface area contributed by atoms with Crippen molar-refractivity contribution in [1.29, 1.82) is 0 Å². The van der Waals surface area contributed by atoms with Gasteiger partial charge < -0.3 is 10.8 Å². The summed E-state index contributed by atoms with van der Waals surface area (Å²) in [7, 11) is 0. The van der Waals surface area contributed by atoms with E-state index in [1.807, 2.05) is 0 Å². The molecule has 0 radical (unpaired) electrons. The van der Waals surface area contributed by atoms with Crippen molar-refractivity contribution in [3.05, 3.63) is 35.1 Å². The van der Waals surface area contributed by atoms with Crippen LogP contribution < -0.4 is 5.73 Å². The lowest BCUT2D eigenvalue weighted by atomic mass is 9.81. The molecule has 2 atom stereocenters. The first-order valence-corrected chi connectivity index (χ1v) is 6.59. The Bertz CT molecular complexity index is 429. The third-order valence-electron chi connectivity index (χ3n) is 3.89. The molecule has 0 spiro atoms. The van der Waals surface area contributed by atoms with E-state index >= 15 is 0 Å². The van der Waals surface area contributed by atoms with Crippen molar-refractivity contribution in [2.75, 3.05) is 0 Å². The highest BCUT2D eigenvalue weighted by molar-refractivity contribution is 5.85. The van der Waals surface area contributed by atoms with Crippen LogP contribution in [0.25, 0.3) is 0 Å². The van der Waals surface area contributed by atoms with Gasteiger partial charge in [0.2, 0.25) is 0 Å². The van der Waals surface area contributed by atoms with Crippen LogP contribution in [0, 0.1) is 23.4 Å². The van der Waals surface area contributed by atoms with Crippen LogP contribution in [0.1, 0.15) is 43.7 Å². The second kappa shape index (κ2) is 7.29. The topological polar surface area (TPSA) is 46.2 Å². The SMILES string of the molecule is Cl.N[C@H](c1cc(F)c(F)c(F)c1)[C@@H](O)C1CCCCC1. The summed E-state index contributed by atoms with van der Waals surface area (Å²) < 4.78 is 39.2. The Balaban J connectivity index is 0.00000200. The van der Waals surface area contributed by atoms with E-state index in [0.717, 1.165) is 44.2 Å². The number of nitrogens with two attached hydrogens (primary N) is 1. The highest BCUT2D eigenvalue weighted by atomic mass is 35.5. The smallest absolute Gasteiger partial charge is 0.194 e. The Morgan fingerprint density at radius 1 is 1.05 bits per heavy atom. The Morgan fingerprint density at radius 2 is 1.55 bits per heavy atom. The molecular formula is C14H19ClF3NO. The van der Waals surface area contributed by atoms with Gasteiger partial charge in [-0.1, -0.05) is 19.3 Å². The molecule has 1 aromatic carbocycles. The largest absolute Gasteiger partial charge is 0.391 e. The molecule has 1 aromatic rings. The molecule has 20 heavy (non-hydrogen) atoms. The lowest BCUT2D eigenvalue weighted by Crippen LogP contribution is -2.34. The number of hydrogen-bond donors (Lipinski definition) is 2. The van der Waals surface area contributed by atoms with Gasteiger partial charge in [0.25, 0.3) is 0 Å². The second-order valence-corrected chi connectivity index (χ2v) is 5.21. The zero-order chi connectivity index (χ0) is 14.0. The van der Waals surface area contributed by atoms with E-state index in [1.54, 1.807) is 0 Å². The van der Waals surface area contributed by atoms with Crippen LogP contribution in [0.5, 0.6) is 0 Å². The van der Waals surface area contributed by atoms with Crippen LogP contribution >= 0.6 is 12.4 Å². The molecule has 0 aromatic heterocycles. The molecule has 0 aliphatic heterocycles. The number of benzene rings is 1. The van der Waals surface area contributed by atoms with Crippen LogP contribution in [0.15, 0.2) is 12.1 Å². The first kappa shape index (κ1) is 17.3. The first-order valence-electron chi connectivity index (χ1n) is 6.59.